The van der Waals surface area contributed by atoms with Gasteiger partial charge in [-0.1, -0.05) is 30.3 Å². The highest BCUT2D eigenvalue weighted by Gasteiger charge is 2.36. The van der Waals surface area contributed by atoms with Gasteiger partial charge in [0.15, 0.2) is 0 Å². The Hall–Kier alpha value is -1.10. The van der Waals surface area contributed by atoms with E-state index in [1.807, 2.05) is 42.3 Å². The van der Waals surface area contributed by atoms with Crippen molar-refractivity contribution >= 4 is 17.5 Å². The number of hydroxylamine groups is 2. The number of benzene rings is 1. The lowest BCUT2D eigenvalue weighted by Gasteiger charge is -2.26. The Labute approximate surface area is 118 Å². The molecule has 1 aliphatic rings. The summed E-state index contributed by atoms with van der Waals surface area (Å²) in [5.74, 6) is -0.0306. The summed E-state index contributed by atoms with van der Waals surface area (Å²) >= 11 is 6.10. The molecule has 0 aromatic heterocycles. The van der Waals surface area contributed by atoms with Gasteiger partial charge in [-0.3, -0.25) is 14.5 Å². The van der Waals surface area contributed by atoms with E-state index in [2.05, 4.69) is 0 Å². The molecule has 1 aromatic rings. The van der Waals surface area contributed by atoms with Crippen LogP contribution in [0.2, 0.25) is 0 Å². The maximum Gasteiger partial charge on any atom is 0.263 e. The first-order valence-electron chi connectivity index (χ1n) is 6.35. The van der Waals surface area contributed by atoms with E-state index >= 15 is 0 Å². The first-order chi connectivity index (χ1) is 9.11. The van der Waals surface area contributed by atoms with Gasteiger partial charge in [0, 0.05) is 11.9 Å². The molecule has 1 fully saturated rings. The highest BCUT2D eigenvalue weighted by molar-refractivity contribution is 6.21. The quantitative estimate of drug-likeness (QED) is 0.624. The van der Waals surface area contributed by atoms with Crippen LogP contribution in [0.15, 0.2) is 30.3 Å². The summed E-state index contributed by atoms with van der Waals surface area (Å²) in [6.45, 7) is 1.19. The van der Waals surface area contributed by atoms with Crippen LogP contribution in [0, 0.1) is 0 Å². The number of carbonyl (C=O) groups excluding carboxylic acids is 1. The molecule has 0 radical (unpaired) electrons. The summed E-state index contributed by atoms with van der Waals surface area (Å²) in [5, 5.41) is 1.44. The van der Waals surface area contributed by atoms with Crippen molar-refractivity contribution in [2.24, 2.45) is 0 Å². The molecule has 0 saturated carbocycles. The van der Waals surface area contributed by atoms with Crippen LogP contribution in [0.1, 0.15) is 12.0 Å². The van der Waals surface area contributed by atoms with E-state index in [0.29, 0.717) is 13.0 Å². The summed E-state index contributed by atoms with van der Waals surface area (Å²) in [5.41, 5.74) is 1.04. The number of likely N-dealkylation sites (tertiary alicyclic amines) is 1. The zero-order valence-electron chi connectivity index (χ0n) is 11.3. The largest absolute Gasteiger partial charge is 0.293 e. The molecule has 0 N–H and O–H groups in total. The number of alkyl halides is 1. The fourth-order valence-electron chi connectivity index (χ4n) is 2.37. The average molecular weight is 283 g/mol. The number of nitrogens with zero attached hydrogens (tertiary/aromatic N) is 2. The minimum atomic E-state index is -0.189. The van der Waals surface area contributed by atoms with Gasteiger partial charge >= 0.3 is 0 Å². The molecule has 104 valence electrons. The molecular weight excluding hydrogens is 264 g/mol. The van der Waals surface area contributed by atoms with Gasteiger partial charge in [0.25, 0.3) is 5.91 Å². The molecule has 5 heteroatoms. The minimum absolute atomic E-state index is 0.0306. The predicted molar refractivity (Wildman–Crippen MR) is 74.7 cm³/mol. The summed E-state index contributed by atoms with van der Waals surface area (Å²) in [6, 6.07) is 9.61. The number of hydrogen-bond donors (Lipinski definition) is 0. The van der Waals surface area contributed by atoms with E-state index in [1.165, 1.54) is 12.2 Å². The number of halogens is 1. The van der Waals surface area contributed by atoms with Crippen LogP contribution in [0.5, 0.6) is 0 Å². The standard InChI is InChI=1S/C14H19ClN2O2/c1-16-10-12(15)8-13(16)14(18)17(19-2)9-11-6-4-3-5-7-11/h3-7,12-13H,8-10H2,1-2H3/t12-,13-/m0/s1. The third-order valence-electron chi connectivity index (χ3n) is 3.42. The number of rotatable bonds is 4. The van der Waals surface area contributed by atoms with Gasteiger partial charge in [-0.05, 0) is 19.0 Å². The molecule has 4 nitrogen and oxygen atoms in total. The van der Waals surface area contributed by atoms with E-state index in [1.54, 1.807) is 0 Å². The lowest BCUT2D eigenvalue weighted by atomic mass is 10.2. The lowest BCUT2D eigenvalue weighted by molar-refractivity contribution is -0.183. The van der Waals surface area contributed by atoms with Crippen molar-refractivity contribution in [2.45, 2.75) is 24.4 Å². The Morgan fingerprint density at radius 2 is 2.16 bits per heavy atom. The summed E-state index contributed by atoms with van der Waals surface area (Å²) in [6.07, 6.45) is 0.672. The predicted octanol–water partition coefficient (Wildman–Crippen LogP) is 1.89. The Balaban J connectivity index is 2.03. The van der Waals surface area contributed by atoms with E-state index in [4.69, 9.17) is 16.4 Å². The van der Waals surface area contributed by atoms with Crippen molar-refractivity contribution in [2.75, 3.05) is 20.7 Å². The average Bonchev–Trinajstić information content (AvgIpc) is 2.75. The Bertz CT molecular complexity index is 427. The van der Waals surface area contributed by atoms with Gasteiger partial charge in [0.1, 0.15) is 0 Å². The van der Waals surface area contributed by atoms with E-state index in [0.717, 1.165) is 12.1 Å². The molecule has 1 amide bonds. The van der Waals surface area contributed by atoms with E-state index in [-0.39, 0.29) is 17.3 Å². The summed E-state index contributed by atoms with van der Waals surface area (Å²) < 4.78 is 0. The Kier molecular flexibility index (Phi) is 4.80. The molecule has 2 atom stereocenters. The van der Waals surface area contributed by atoms with Gasteiger partial charge in [0.2, 0.25) is 0 Å². The van der Waals surface area contributed by atoms with Crippen molar-refractivity contribution in [3.8, 4) is 0 Å². The first-order valence-corrected chi connectivity index (χ1v) is 6.79. The van der Waals surface area contributed by atoms with Crippen LogP contribution in [0.25, 0.3) is 0 Å². The minimum Gasteiger partial charge on any atom is -0.293 e. The van der Waals surface area contributed by atoms with Gasteiger partial charge < -0.3 is 0 Å². The third-order valence-corrected chi connectivity index (χ3v) is 3.73. The molecule has 1 aromatic carbocycles. The van der Waals surface area contributed by atoms with Crippen molar-refractivity contribution in [3.05, 3.63) is 35.9 Å². The zero-order valence-corrected chi connectivity index (χ0v) is 12.0. The number of amides is 1. The number of likely N-dealkylation sites (N-methyl/N-ethyl adjacent to an activating group) is 1. The molecule has 1 heterocycles. The zero-order chi connectivity index (χ0) is 13.8. The smallest absolute Gasteiger partial charge is 0.263 e. The van der Waals surface area contributed by atoms with Crippen molar-refractivity contribution < 1.29 is 9.63 Å². The van der Waals surface area contributed by atoms with Gasteiger partial charge in [0.05, 0.1) is 19.7 Å². The van der Waals surface area contributed by atoms with Crippen LogP contribution >= 0.6 is 11.6 Å². The van der Waals surface area contributed by atoms with Crippen LogP contribution < -0.4 is 0 Å². The van der Waals surface area contributed by atoms with Crippen molar-refractivity contribution in [1.29, 1.82) is 0 Å². The number of hydrogen-bond acceptors (Lipinski definition) is 3. The Morgan fingerprint density at radius 3 is 2.68 bits per heavy atom. The summed E-state index contributed by atoms with van der Waals surface area (Å²) in [7, 11) is 3.44. The second kappa shape index (κ2) is 6.37. The molecule has 1 saturated heterocycles. The molecular formula is C14H19ClN2O2. The third kappa shape index (κ3) is 3.47. The normalized spacial score (nSPS) is 23.5. The van der Waals surface area contributed by atoms with Gasteiger partial charge in [-0.25, -0.2) is 5.06 Å². The molecule has 0 bridgehead atoms. The first kappa shape index (κ1) is 14.3. The fourth-order valence-corrected chi connectivity index (χ4v) is 2.76. The lowest BCUT2D eigenvalue weighted by Crippen LogP contribution is -2.43. The second-order valence-corrected chi connectivity index (χ2v) is 5.45. The van der Waals surface area contributed by atoms with E-state index in [9.17, 15) is 4.79 Å². The highest BCUT2D eigenvalue weighted by Crippen LogP contribution is 2.22. The fraction of sp³-hybridized carbons (Fsp3) is 0.500. The second-order valence-electron chi connectivity index (χ2n) is 4.83. The van der Waals surface area contributed by atoms with Crippen LogP contribution in [-0.2, 0) is 16.2 Å². The molecule has 0 spiro atoms. The van der Waals surface area contributed by atoms with Crippen molar-refractivity contribution in [3.63, 3.8) is 0 Å². The Morgan fingerprint density at radius 1 is 1.47 bits per heavy atom. The molecule has 0 unspecified atom stereocenters. The maximum atomic E-state index is 12.4. The number of carbonyl (C=O) groups is 1. The molecule has 0 aliphatic carbocycles. The van der Waals surface area contributed by atoms with Crippen LogP contribution in [-0.4, -0.2) is 48.0 Å². The maximum absolute atomic E-state index is 12.4. The molecule has 1 aliphatic heterocycles. The monoisotopic (exact) mass is 282 g/mol. The molecule has 2 rings (SSSR count). The van der Waals surface area contributed by atoms with Gasteiger partial charge in [-0.2, -0.15) is 0 Å². The highest BCUT2D eigenvalue weighted by atomic mass is 35.5. The van der Waals surface area contributed by atoms with Gasteiger partial charge in [-0.15, -0.1) is 11.6 Å². The van der Waals surface area contributed by atoms with Crippen molar-refractivity contribution in [1.82, 2.24) is 9.96 Å². The van der Waals surface area contributed by atoms with E-state index < -0.39 is 0 Å². The summed E-state index contributed by atoms with van der Waals surface area (Å²) in [4.78, 5) is 19.6. The molecule has 19 heavy (non-hydrogen) atoms. The topological polar surface area (TPSA) is 32.8 Å². The SMILES string of the molecule is CON(Cc1ccccc1)C(=O)[C@@H]1C[C@H](Cl)CN1C. The van der Waals surface area contributed by atoms with Crippen LogP contribution in [0.3, 0.4) is 0 Å². The van der Waals surface area contributed by atoms with Crippen LogP contribution in [0.4, 0.5) is 0 Å².